The summed E-state index contributed by atoms with van der Waals surface area (Å²) in [6.07, 6.45) is 5.12. The second kappa shape index (κ2) is 9.00. The van der Waals surface area contributed by atoms with Gasteiger partial charge in [0.05, 0.1) is 11.4 Å². The zero-order chi connectivity index (χ0) is 16.1. The van der Waals surface area contributed by atoms with Crippen LogP contribution >= 0.6 is 24.0 Å². The van der Waals surface area contributed by atoms with Gasteiger partial charge in [-0.25, -0.2) is 9.07 Å². The Labute approximate surface area is 158 Å². The maximum absolute atomic E-state index is 13.0. The van der Waals surface area contributed by atoms with E-state index >= 15 is 0 Å². The summed E-state index contributed by atoms with van der Waals surface area (Å²) in [6, 6.07) is 8.87. The van der Waals surface area contributed by atoms with Gasteiger partial charge in [0.2, 0.25) is 0 Å². The van der Waals surface area contributed by atoms with E-state index in [-0.39, 0.29) is 29.8 Å². The van der Waals surface area contributed by atoms with Gasteiger partial charge in [-0.15, -0.1) is 24.0 Å². The number of aromatic nitrogens is 2. The van der Waals surface area contributed by atoms with Crippen molar-refractivity contribution in [1.29, 1.82) is 0 Å². The van der Waals surface area contributed by atoms with E-state index in [1.165, 1.54) is 25.0 Å². The fourth-order valence-corrected chi connectivity index (χ4v) is 2.26. The number of benzene rings is 1. The number of aliphatic imine (C=N–C) groups is 1. The SMILES string of the molecule is CCNC(=NCCc1ccn(-c2ccc(F)cc2)n1)NC1CC1.I. The normalized spacial score (nSPS) is 14.2. The van der Waals surface area contributed by atoms with Crippen LogP contribution in [0.4, 0.5) is 4.39 Å². The van der Waals surface area contributed by atoms with Gasteiger partial charge in [0, 0.05) is 31.7 Å². The Kier molecular flexibility index (Phi) is 7.01. The molecule has 2 aromatic rings. The average Bonchev–Trinajstić information content (AvgIpc) is 3.24. The Morgan fingerprint density at radius 3 is 2.71 bits per heavy atom. The van der Waals surface area contributed by atoms with Gasteiger partial charge < -0.3 is 10.6 Å². The van der Waals surface area contributed by atoms with Crippen LogP contribution in [0, 0.1) is 5.82 Å². The van der Waals surface area contributed by atoms with Crippen LogP contribution in [0.1, 0.15) is 25.5 Å². The molecule has 0 radical (unpaired) electrons. The van der Waals surface area contributed by atoms with Gasteiger partial charge in [-0.05, 0) is 50.1 Å². The molecular formula is C17H23FIN5. The number of nitrogens with one attached hydrogen (secondary N) is 2. The zero-order valence-corrected chi connectivity index (χ0v) is 16.0. The molecule has 24 heavy (non-hydrogen) atoms. The standard InChI is InChI=1S/C17H22FN5.HI/c1-2-19-17(21-14-5-6-14)20-11-9-15-10-12-23(22-15)16-7-3-13(18)4-8-16;/h3-4,7-8,10,12,14H,2,5-6,9,11H2,1H3,(H2,19,20,21);1H. The summed E-state index contributed by atoms with van der Waals surface area (Å²) in [7, 11) is 0. The van der Waals surface area contributed by atoms with Crippen LogP contribution in [0.5, 0.6) is 0 Å². The van der Waals surface area contributed by atoms with Gasteiger partial charge in [-0.3, -0.25) is 4.99 Å². The molecule has 0 spiro atoms. The highest BCUT2D eigenvalue weighted by atomic mass is 127. The number of halogens is 2. The molecule has 5 nitrogen and oxygen atoms in total. The summed E-state index contributed by atoms with van der Waals surface area (Å²) in [5.74, 6) is 0.641. The van der Waals surface area contributed by atoms with E-state index in [4.69, 9.17) is 0 Å². The van der Waals surface area contributed by atoms with Crippen molar-refractivity contribution in [3.05, 3.63) is 48.0 Å². The molecule has 0 saturated heterocycles. The van der Waals surface area contributed by atoms with Crippen molar-refractivity contribution >= 4 is 29.9 Å². The van der Waals surface area contributed by atoms with E-state index < -0.39 is 0 Å². The van der Waals surface area contributed by atoms with Crippen LogP contribution in [-0.2, 0) is 6.42 Å². The molecular weight excluding hydrogens is 420 g/mol. The van der Waals surface area contributed by atoms with Crippen molar-refractivity contribution in [3.63, 3.8) is 0 Å². The summed E-state index contributed by atoms with van der Waals surface area (Å²) in [5, 5.41) is 11.2. The lowest BCUT2D eigenvalue weighted by molar-refractivity contribution is 0.627. The first kappa shape index (κ1) is 18.7. The molecule has 1 fully saturated rings. The van der Waals surface area contributed by atoms with Crippen LogP contribution in [0.15, 0.2) is 41.5 Å². The van der Waals surface area contributed by atoms with Gasteiger partial charge in [0.25, 0.3) is 0 Å². The predicted molar refractivity (Wildman–Crippen MR) is 105 cm³/mol. The summed E-state index contributed by atoms with van der Waals surface area (Å²) in [5.41, 5.74) is 1.82. The van der Waals surface area contributed by atoms with E-state index in [0.29, 0.717) is 12.6 Å². The molecule has 2 N–H and O–H groups in total. The van der Waals surface area contributed by atoms with Gasteiger partial charge in [0.15, 0.2) is 5.96 Å². The van der Waals surface area contributed by atoms with E-state index in [2.05, 4.69) is 27.6 Å². The molecule has 1 saturated carbocycles. The molecule has 1 heterocycles. The van der Waals surface area contributed by atoms with Crippen molar-refractivity contribution in [3.8, 4) is 5.69 Å². The number of guanidine groups is 1. The fourth-order valence-electron chi connectivity index (χ4n) is 2.26. The zero-order valence-electron chi connectivity index (χ0n) is 13.7. The summed E-state index contributed by atoms with van der Waals surface area (Å²) >= 11 is 0. The lowest BCUT2D eigenvalue weighted by Gasteiger charge is -2.09. The van der Waals surface area contributed by atoms with Crippen LogP contribution < -0.4 is 10.6 Å². The molecule has 3 rings (SSSR count). The van der Waals surface area contributed by atoms with Gasteiger partial charge in [-0.2, -0.15) is 5.10 Å². The molecule has 130 valence electrons. The van der Waals surface area contributed by atoms with E-state index in [1.807, 2.05) is 12.3 Å². The molecule has 0 amide bonds. The second-order valence-corrected chi connectivity index (χ2v) is 5.66. The maximum atomic E-state index is 13.0. The lowest BCUT2D eigenvalue weighted by atomic mass is 10.3. The summed E-state index contributed by atoms with van der Waals surface area (Å²) in [6.45, 7) is 3.61. The molecule has 1 aliphatic carbocycles. The lowest BCUT2D eigenvalue weighted by Crippen LogP contribution is -2.38. The van der Waals surface area contributed by atoms with E-state index in [9.17, 15) is 4.39 Å². The maximum Gasteiger partial charge on any atom is 0.191 e. The van der Waals surface area contributed by atoms with Crippen molar-refractivity contribution in [2.45, 2.75) is 32.2 Å². The number of hydrogen-bond donors (Lipinski definition) is 2. The van der Waals surface area contributed by atoms with Crippen molar-refractivity contribution in [2.75, 3.05) is 13.1 Å². The number of hydrogen-bond acceptors (Lipinski definition) is 2. The minimum Gasteiger partial charge on any atom is -0.357 e. The minimum absolute atomic E-state index is 0. The highest BCUT2D eigenvalue weighted by molar-refractivity contribution is 14.0. The molecule has 1 aromatic heterocycles. The predicted octanol–water partition coefficient (Wildman–Crippen LogP) is 2.89. The molecule has 1 aliphatic rings. The Morgan fingerprint density at radius 1 is 1.29 bits per heavy atom. The third-order valence-electron chi connectivity index (χ3n) is 3.64. The summed E-state index contributed by atoms with van der Waals surface area (Å²) in [4.78, 5) is 4.58. The topological polar surface area (TPSA) is 54.2 Å². The van der Waals surface area contributed by atoms with E-state index in [0.717, 1.165) is 30.3 Å². The first-order chi connectivity index (χ1) is 11.2. The first-order valence-corrected chi connectivity index (χ1v) is 8.10. The monoisotopic (exact) mass is 443 g/mol. The van der Waals surface area contributed by atoms with Gasteiger partial charge in [-0.1, -0.05) is 0 Å². The molecule has 0 atom stereocenters. The molecule has 0 unspecified atom stereocenters. The Bertz CT molecular complexity index is 664. The molecule has 1 aromatic carbocycles. The number of rotatable bonds is 6. The largest absolute Gasteiger partial charge is 0.357 e. The Morgan fingerprint density at radius 2 is 2.04 bits per heavy atom. The van der Waals surface area contributed by atoms with E-state index in [1.54, 1.807) is 16.8 Å². The summed E-state index contributed by atoms with van der Waals surface area (Å²) < 4.78 is 14.7. The average molecular weight is 443 g/mol. The third-order valence-corrected chi connectivity index (χ3v) is 3.64. The highest BCUT2D eigenvalue weighted by Gasteiger charge is 2.21. The van der Waals surface area contributed by atoms with Crippen molar-refractivity contribution in [2.24, 2.45) is 4.99 Å². The van der Waals surface area contributed by atoms with Crippen molar-refractivity contribution < 1.29 is 4.39 Å². The third kappa shape index (κ3) is 5.47. The van der Waals surface area contributed by atoms with Crippen molar-refractivity contribution in [1.82, 2.24) is 20.4 Å². The number of nitrogens with zero attached hydrogens (tertiary/aromatic N) is 3. The molecule has 7 heteroatoms. The quantitative estimate of drug-likeness (QED) is 0.410. The van der Waals surface area contributed by atoms with Gasteiger partial charge >= 0.3 is 0 Å². The van der Waals surface area contributed by atoms with Crippen LogP contribution in [0.2, 0.25) is 0 Å². The van der Waals surface area contributed by atoms with Gasteiger partial charge in [0.1, 0.15) is 5.82 Å². The molecule has 0 aliphatic heterocycles. The highest BCUT2D eigenvalue weighted by Crippen LogP contribution is 2.18. The Balaban J connectivity index is 0.00000208. The minimum atomic E-state index is -0.241. The smallest absolute Gasteiger partial charge is 0.191 e. The van der Waals surface area contributed by atoms with Crippen LogP contribution in [-0.4, -0.2) is 34.9 Å². The second-order valence-electron chi connectivity index (χ2n) is 5.66. The fraction of sp³-hybridized carbons (Fsp3) is 0.412. The molecule has 0 bridgehead atoms. The first-order valence-electron chi connectivity index (χ1n) is 8.10. The Hall–Kier alpha value is -1.64. The van der Waals surface area contributed by atoms with Crippen LogP contribution in [0.25, 0.3) is 5.69 Å². The van der Waals surface area contributed by atoms with Crippen LogP contribution in [0.3, 0.4) is 0 Å².